The lowest BCUT2D eigenvalue weighted by atomic mass is 9.90. The van der Waals surface area contributed by atoms with Gasteiger partial charge in [0.2, 0.25) is 0 Å². The van der Waals surface area contributed by atoms with E-state index in [2.05, 4.69) is 0 Å². The first-order valence-electron chi connectivity index (χ1n) is 10.3. The van der Waals surface area contributed by atoms with Crippen LogP contribution >= 0.6 is 11.6 Å². The van der Waals surface area contributed by atoms with E-state index < -0.39 is 0 Å². The Morgan fingerprint density at radius 2 is 1.53 bits per heavy atom. The quantitative estimate of drug-likeness (QED) is 0.541. The Kier molecular flexibility index (Phi) is 6.07. The number of nitrogens with one attached hydrogen (secondary N) is 1. The van der Waals surface area contributed by atoms with Gasteiger partial charge in [0.25, 0.3) is 0 Å². The molecule has 1 aliphatic rings. The van der Waals surface area contributed by atoms with Crippen molar-refractivity contribution in [1.82, 2.24) is 0 Å². The fourth-order valence-electron chi connectivity index (χ4n) is 4.39. The van der Waals surface area contributed by atoms with Gasteiger partial charge in [0.1, 0.15) is 17.5 Å². The largest absolute Gasteiger partial charge is 0.507 e. The van der Waals surface area contributed by atoms with Crippen molar-refractivity contribution >= 4 is 17.4 Å². The molecule has 3 aromatic rings. The van der Waals surface area contributed by atoms with Crippen LogP contribution in [0.25, 0.3) is 0 Å². The van der Waals surface area contributed by atoms with Gasteiger partial charge < -0.3 is 15.1 Å². The molecule has 3 N–H and O–H groups in total. The Hall–Kier alpha value is -2.82. The number of rotatable bonds is 5. The molecule has 1 atom stereocenters. The highest BCUT2D eigenvalue weighted by atomic mass is 35.5. The number of ketones is 1. The van der Waals surface area contributed by atoms with E-state index in [1.165, 1.54) is 23.5 Å². The summed E-state index contributed by atoms with van der Waals surface area (Å²) in [5, 5.41) is 22.6. The van der Waals surface area contributed by atoms with Crippen LogP contribution in [0.5, 0.6) is 11.5 Å². The summed E-state index contributed by atoms with van der Waals surface area (Å²) in [6.45, 7) is 1.82. The van der Waals surface area contributed by atoms with Crippen molar-refractivity contribution < 1.29 is 19.9 Å². The lowest BCUT2D eigenvalue weighted by molar-refractivity contribution is -0.930. The minimum Gasteiger partial charge on any atom is -0.507 e. The van der Waals surface area contributed by atoms with Crippen LogP contribution in [-0.4, -0.2) is 29.1 Å². The number of likely N-dealkylation sites (tertiary alicyclic amines) is 1. The second-order valence-electron chi connectivity index (χ2n) is 7.76. The summed E-state index contributed by atoms with van der Waals surface area (Å²) in [4.78, 5) is 14.3. The molecular formula is C25H25ClNO3+. The molecule has 30 heavy (non-hydrogen) atoms. The first kappa shape index (κ1) is 20.5. The van der Waals surface area contributed by atoms with Crippen molar-refractivity contribution in [3.05, 3.63) is 94.0 Å². The third kappa shape index (κ3) is 3.93. The van der Waals surface area contributed by atoms with Gasteiger partial charge in [0.05, 0.1) is 29.2 Å². The van der Waals surface area contributed by atoms with E-state index in [9.17, 15) is 15.0 Å². The molecule has 0 aliphatic carbocycles. The van der Waals surface area contributed by atoms with Crippen LogP contribution in [0.3, 0.4) is 0 Å². The van der Waals surface area contributed by atoms with Gasteiger partial charge in [0.15, 0.2) is 5.78 Å². The summed E-state index contributed by atoms with van der Waals surface area (Å²) in [5.74, 6) is -0.479. The molecule has 0 amide bonds. The Labute approximate surface area is 181 Å². The Morgan fingerprint density at radius 3 is 2.23 bits per heavy atom. The molecule has 0 aromatic heterocycles. The minimum absolute atomic E-state index is 0.0277. The van der Waals surface area contributed by atoms with Gasteiger partial charge in [-0.3, -0.25) is 4.79 Å². The number of benzene rings is 3. The van der Waals surface area contributed by atoms with Gasteiger partial charge >= 0.3 is 0 Å². The number of hydrogen-bond donors (Lipinski definition) is 3. The highest BCUT2D eigenvalue weighted by molar-refractivity contribution is 6.31. The van der Waals surface area contributed by atoms with Gasteiger partial charge in [-0.05, 0) is 37.5 Å². The molecule has 154 valence electrons. The molecular weight excluding hydrogens is 398 g/mol. The molecule has 0 radical (unpaired) electrons. The smallest absolute Gasteiger partial charge is 0.196 e. The molecule has 1 heterocycles. The average Bonchev–Trinajstić information content (AvgIpc) is 2.78. The molecule has 3 aromatic carbocycles. The van der Waals surface area contributed by atoms with Gasteiger partial charge in [0, 0.05) is 11.1 Å². The molecule has 0 bridgehead atoms. The summed E-state index contributed by atoms with van der Waals surface area (Å²) in [6, 6.07) is 19.0. The van der Waals surface area contributed by atoms with Crippen LogP contribution in [0.1, 0.15) is 52.4 Å². The van der Waals surface area contributed by atoms with Crippen LogP contribution in [0.2, 0.25) is 5.02 Å². The maximum absolute atomic E-state index is 13.1. The molecule has 0 spiro atoms. The van der Waals surface area contributed by atoms with Crippen molar-refractivity contribution in [2.75, 3.05) is 13.1 Å². The van der Waals surface area contributed by atoms with E-state index in [0.29, 0.717) is 16.1 Å². The maximum Gasteiger partial charge on any atom is 0.196 e. The van der Waals surface area contributed by atoms with Crippen molar-refractivity contribution in [1.29, 1.82) is 0 Å². The summed E-state index contributed by atoms with van der Waals surface area (Å²) in [7, 11) is 0. The predicted octanol–water partition coefficient (Wildman–Crippen LogP) is 4.14. The van der Waals surface area contributed by atoms with E-state index in [0.717, 1.165) is 31.5 Å². The number of aromatic hydroxyl groups is 2. The second-order valence-corrected chi connectivity index (χ2v) is 8.17. The SMILES string of the molecule is O=C(c1ccccc1)c1ccc(O)c([C@H](c2ccccc2Cl)[NH+]2CCCCC2)c1O. The number of piperidine rings is 1. The fourth-order valence-corrected chi connectivity index (χ4v) is 4.64. The molecule has 1 saturated heterocycles. The first-order valence-corrected chi connectivity index (χ1v) is 10.7. The molecule has 4 rings (SSSR count). The Bertz CT molecular complexity index is 1050. The number of phenolic OH excluding ortho intramolecular Hbond substituents is 2. The summed E-state index contributed by atoms with van der Waals surface area (Å²) in [6.07, 6.45) is 3.31. The third-order valence-corrected chi connectivity index (χ3v) is 6.23. The van der Waals surface area contributed by atoms with Crippen molar-refractivity contribution in [2.45, 2.75) is 25.3 Å². The van der Waals surface area contributed by atoms with Crippen molar-refractivity contribution in [3.8, 4) is 11.5 Å². The van der Waals surface area contributed by atoms with E-state index in [1.54, 1.807) is 24.3 Å². The summed E-state index contributed by atoms with van der Waals surface area (Å²) in [5.41, 5.74) is 1.87. The third-order valence-electron chi connectivity index (χ3n) is 5.88. The number of halogens is 1. The zero-order chi connectivity index (χ0) is 21.1. The van der Waals surface area contributed by atoms with Gasteiger partial charge in [-0.1, -0.05) is 60.1 Å². The zero-order valence-corrected chi connectivity index (χ0v) is 17.4. The molecule has 0 saturated carbocycles. The topological polar surface area (TPSA) is 62.0 Å². The summed E-state index contributed by atoms with van der Waals surface area (Å²) >= 11 is 6.55. The van der Waals surface area contributed by atoms with Gasteiger partial charge in [-0.2, -0.15) is 0 Å². The van der Waals surface area contributed by atoms with Crippen molar-refractivity contribution in [2.24, 2.45) is 0 Å². The average molecular weight is 423 g/mol. The Balaban J connectivity index is 1.86. The van der Waals surface area contributed by atoms with Gasteiger partial charge in [-0.25, -0.2) is 0 Å². The second kappa shape index (κ2) is 8.90. The van der Waals surface area contributed by atoms with E-state index in [4.69, 9.17) is 11.6 Å². The lowest BCUT2D eigenvalue weighted by Gasteiger charge is -2.33. The molecule has 0 unspecified atom stereocenters. The van der Waals surface area contributed by atoms with E-state index >= 15 is 0 Å². The number of carbonyl (C=O) groups is 1. The lowest BCUT2D eigenvalue weighted by Crippen LogP contribution is -3.13. The van der Waals surface area contributed by atoms with Crippen LogP contribution in [0.4, 0.5) is 0 Å². The van der Waals surface area contributed by atoms with Crippen LogP contribution in [0, 0.1) is 0 Å². The fraction of sp³-hybridized carbons (Fsp3) is 0.240. The van der Waals surface area contributed by atoms with Gasteiger partial charge in [-0.15, -0.1) is 0 Å². The maximum atomic E-state index is 13.1. The first-order chi connectivity index (χ1) is 14.6. The molecule has 4 nitrogen and oxygen atoms in total. The Morgan fingerprint density at radius 1 is 0.867 bits per heavy atom. The monoisotopic (exact) mass is 422 g/mol. The number of hydrogen-bond acceptors (Lipinski definition) is 3. The number of quaternary nitrogens is 1. The highest BCUT2D eigenvalue weighted by Crippen LogP contribution is 2.40. The highest BCUT2D eigenvalue weighted by Gasteiger charge is 2.35. The molecule has 1 fully saturated rings. The van der Waals surface area contributed by atoms with Crippen LogP contribution in [0.15, 0.2) is 66.7 Å². The van der Waals surface area contributed by atoms with Crippen LogP contribution in [-0.2, 0) is 0 Å². The summed E-state index contributed by atoms with van der Waals surface area (Å²) < 4.78 is 0. The predicted molar refractivity (Wildman–Crippen MR) is 117 cm³/mol. The minimum atomic E-state index is -0.359. The number of carbonyl (C=O) groups excluding carboxylic acids is 1. The number of phenols is 2. The standard InChI is InChI=1S/C25H24ClNO3/c26-20-12-6-5-11-18(20)23(27-15-7-2-8-16-27)22-21(28)14-13-19(25(22)30)24(29)17-9-3-1-4-10-17/h1,3-6,9-14,23,28,30H,2,7-8,15-16H2/p+1/t23-/m0/s1. The van der Waals surface area contributed by atoms with Crippen molar-refractivity contribution in [3.63, 3.8) is 0 Å². The normalized spacial score (nSPS) is 15.6. The molecule has 1 aliphatic heterocycles. The van der Waals surface area contributed by atoms with E-state index in [1.807, 2.05) is 30.3 Å². The zero-order valence-electron chi connectivity index (χ0n) is 16.6. The van der Waals surface area contributed by atoms with Crippen LogP contribution < -0.4 is 4.90 Å². The molecule has 5 heteroatoms. The van der Waals surface area contributed by atoms with E-state index in [-0.39, 0.29) is 28.9 Å².